The van der Waals surface area contributed by atoms with Crippen molar-refractivity contribution in [2.45, 2.75) is 19.6 Å². The molecule has 0 amide bonds. The van der Waals surface area contributed by atoms with Crippen molar-refractivity contribution in [2.24, 2.45) is 0 Å². The van der Waals surface area contributed by atoms with E-state index in [2.05, 4.69) is 26.2 Å². The van der Waals surface area contributed by atoms with Gasteiger partial charge in [0.15, 0.2) is 22.9 Å². The number of aromatic nitrogens is 5. The number of fused-ring (bicyclic) bond motifs is 1. The molecule has 206 valence electrons. The summed E-state index contributed by atoms with van der Waals surface area (Å²) in [7, 11) is 3.26. The van der Waals surface area contributed by atoms with Gasteiger partial charge in [-0.3, -0.25) is 14.8 Å². The molecule has 1 aliphatic heterocycles. The molecular weight excluding hydrogens is 508 g/mol. The lowest BCUT2D eigenvalue weighted by atomic mass is 10.2. The number of nitrogens with one attached hydrogen (secondary N) is 1. The van der Waals surface area contributed by atoms with E-state index in [9.17, 15) is 0 Å². The molecule has 40 heavy (non-hydrogen) atoms. The summed E-state index contributed by atoms with van der Waals surface area (Å²) in [5, 5.41) is 8.16. The van der Waals surface area contributed by atoms with Gasteiger partial charge in [0.1, 0.15) is 0 Å². The highest BCUT2D eigenvalue weighted by Gasteiger charge is 2.21. The topological polar surface area (TPSA) is 106 Å². The van der Waals surface area contributed by atoms with E-state index in [0.29, 0.717) is 35.6 Å². The first-order chi connectivity index (χ1) is 19.7. The maximum atomic E-state index is 5.59. The first kappa shape index (κ1) is 25.8. The molecule has 4 aromatic heterocycles. The average Bonchev–Trinajstić information content (AvgIpc) is 3.69. The summed E-state index contributed by atoms with van der Waals surface area (Å²) in [5.41, 5.74) is 4.04. The number of rotatable bonds is 10. The zero-order valence-electron chi connectivity index (χ0n) is 22.7. The van der Waals surface area contributed by atoms with Crippen LogP contribution in [-0.2, 0) is 19.6 Å². The fraction of sp³-hybridized carbons (Fsp3) is 0.310. The summed E-state index contributed by atoms with van der Waals surface area (Å²) in [6.07, 6.45) is 7.28. The quantitative estimate of drug-likeness (QED) is 0.282. The second-order valence-electron chi connectivity index (χ2n) is 9.71. The van der Waals surface area contributed by atoms with Crippen molar-refractivity contribution in [3.63, 3.8) is 0 Å². The Morgan fingerprint density at radius 1 is 0.900 bits per heavy atom. The lowest BCUT2D eigenvalue weighted by Gasteiger charge is -2.34. The van der Waals surface area contributed by atoms with Crippen molar-refractivity contribution in [1.82, 2.24) is 34.4 Å². The number of ether oxygens (including phenoxy) is 2. The van der Waals surface area contributed by atoms with E-state index in [1.54, 1.807) is 25.0 Å². The fourth-order valence-corrected chi connectivity index (χ4v) is 4.93. The van der Waals surface area contributed by atoms with Crippen LogP contribution < -0.4 is 14.8 Å². The molecule has 0 atom stereocenters. The summed E-state index contributed by atoms with van der Waals surface area (Å²) < 4.78 is 18.2. The third-order valence-electron chi connectivity index (χ3n) is 7.07. The number of nitrogens with zero attached hydrogens (tertiary/aromatic N) is 7. The highest BCUT2D eigenvalue weighted by atomic mass is 16.5. The Bertz CT molecular complexity index is 1550. The maximum Gasteiger partial charge on any atom is 0.226 e. The normalized spacial score (nSPS) is 14.4. The average molecular weight is 541 g/mol. The van der Waals surface area contributed by atoms with Crippen LogP contribution in [0.15, 0.2) is 71.7 Å². The molecule has 0 bridgehead atoms. The summed E-state index contributed by atoms with van der Waals surface area (Å²) in [5.74, 6) is 3.10. The van der Waals surface area contributed by atoms with Gasteiger partial charge in [-0.05, 0) is 41.5 Å². The van der Waals surface area contributed by atoms with Crippen LogP contribution in [0.25, 0.3) is 17.2 Å². The SMILES string of the molecule is COc1ccc(CNc2ncc(CN3CCN(Cc4cccnc4)CC3)c3nc(-c4ccco4)nn23)cc1OC. The maximum absolute atomic E-state index is 5.59. The monoisotopic (exact) mass is 540 g/mol. The summed E-state index contributed by atoms with van der Waals surface area (Å²) in [6.45, 7) is 6.10. The molecule has 1 N–H and O–H groups in total. The van der Waals surface area contributed by atoms with Gasteiger partial charge in [0.05, 0.1) is 20.5 Å². The summed E-state index contributed by atoms with van der Waals surface area (Å²) in [4.78, 5) is 18.7. The number of hydrogen-bond donors (Lipinski definition) is 1. The third-order valence-corrected chi connectivity index (χ3v) is 7.07. The predicted molar refractivity (Wildman–Crippen MR) is 150 cm³/mol. The Morgan fingerprint density at radius 3 is 2.45 bits per heavy atom. The lowest BCUT2D eigenvalue weighted by molar-refractivity contribution is 0.122. The number of hydrogen-bond acceptors (Lipinski definition) is 10. The van der Waals surface area contributed by atoms with Gasteiger partial charge in [-0.2, -0.15) is 4.52 Å². The number of furan rings is 1. The minimum absolute atomic E-state index is 0.523. The van der Waals surface area contributed by atoms with Crippen LogP contribution in [0.3, 0.4) is 0 Å². The molecule has 0 radical (unpaired) electrons. The Kier molecular flexibility index (Phi) is 7.56. The largest absolute Gasteiger partial charge is 0.493 e. The first-order valence-electron chi connectivity index (χ1n) is 13.3. The van der Waals surface area contributed by atoms with Gasteiger partial charge in [0.2, 0.25) is 11.8 Å². The van der Waals surface area contributed by atoms with E-state index >= 15 is 0 Å². The van der Waals surface area contributed by atoms with Gasteiger partial charge < -0.3 is 19.2 Å². The Hall–Kier alpha value is -4.48. The molecule has 0 saturated carbocycles. The molecule has 1 fully saturated rings. The van der Waals surface area contributed by atoms with Gasteiger partial charge in [-0.15, -0.1) is 5.10 Å². The van der Waals surface area contributed by atoms with E-state index in [4.69, 9.17) is 29.0 Å². The van der Waals surface area contributed by atoms with Crippen LogP contribution in [-0.4, -0.2) is 74.8 Å². The number of anilines is 1. The van der Waals surface area contributed by atoms with Crippen LogP contribution in [0.4, 0.5) is 5.95 Å². The standard InChI is InChI=1S/C29H32N8O3/c1-38-24-8-7-21(15-26(24)39-2)17-31-29-32-18-23(28-33-27(34-37(28)29)25-6-4-14-40-25)20-36-12-10-35(11-13-36)19-22-5-3-9-30-16-22/h3-9,14-16,18H,10-13,17,19-20H2,1-2H3,(H,31,32). The van der Waals surface area contributed by atoms with Crippen molar-refractivity contribution in [3.8, 4) is 23.1 Å². The molecule has 1 aromatic carbocycles. The number of benzene rings is 1. The molecule has 0 aliphatic carbocycles. The first-order valence-corrected chi connectivity index (χ1v) is 13.3. The van der Waals surface area contributed by atoms with Gasteiger partial charge >= 0.3 is 0 Å². The zero-order chi connectivity index (χ0) is 27.3. The van der Waals surface area contributed by atoms with E-state index in [1.165, 1.54) is 5.56 Å². The summed E-state index contributed by atoms with van der Waals surface area (Å²) >= 11 is 0. The van der Waals surface area contributed by atoms with E-state index in [0.717, 1.165) is 56.0 Å². The van der Waals surface area contributed by atoms with Crippen molar-refractivity contribution < 1.29 is 13.9 Å². The van der Waals surface area contributed by atoms with Crippen LogP contribution in [0.5, 0.6) is 11.5 Å². The molecule has 1 aliphatic rings. The van der Waals surface area contributed by atoms with Gasteiger partial charge in [0.25, 0.3) is 0 Å². The number of piperazine rings is 1. The molecule has 11 nitrogen and oxygen atoms in total. The lowest BCUT2D eigenvalue weighted by Crippen LogP contribution is -2.45. The highest BCUT2D eigenvalue weighted by Crippen LogP contribution is 2.28. The molecule has 1 saturated heterocycles. The predicted octanol–water partition coefficient (Wildman–Crippen LogP) is 3.73. The van der Waals surface area contributed by atoms with Gasteiger partial charge in [0, 0.05) is 70.0 Å². The smallest absolute Gasteiger partial charge is 0.226 e. The minimum Gasteiger partial charge on any atom is -0.493 e. The van der Waals surface area contributed by atoms with Crippen LogP contribution >= 0.6 is 0 Å². The molecule has 11 heteroatoms. The number of pyridine rings is 1. The van der Waals surface area contributed by atoms with Crippen molar-refractivity contribution in [3.05, 3.63) is 84.0 Å². The van der Waals surface area contributed by atoms with E-state index in [1.807, 2.05) is 55.0 Å². The van der Waals surface area contributed by atoms with Gasteiger partial charge in [-0.25, -0.2) is 9.97 Å². The molecule has 5 aromatic rings. The molecule has 6 rings (SSSR count). The Balaban J connectivity index is 1.20. The Morgan fingerprint density at radius 2 is 1.73 bits per heavy atom. The molecule has 0 spiro atoms. The van der Waals surface area contributed by atoms with Crippen LogP contribution in [0.2, 0.25) is 0 Å². The highest BCUT2D eigenvalue weighted by molar-refractivity contribution is 5.58. The molecule has 0 unspecified atom stereocenters. The van der Waals surface area contributed by atoms with Gasteiger partial charge in [-0.1, -0.05) is 12.1 Å². The van der Waals surface area contributed by atoms with Crippen LogP contribution in [0.1, 0.15) is 16.7 Å². The number of methoxy groups -OCH3 is 2. The van der Waals surface area contributed by atoms with Crippen molar-refractivity contribution in [2.75, 3.05) is 45.7 Å². The molecular formula is C29H32N8O3. The fourth-order valence-electron chi connectivity index (χ4n) is 4.93. The molecule has 5 heterocycles. The van der Waals surface area contributed by atoms with Crippen molar-refractivity contribution >= 4 is 11.6 Å². The van der Waals surface area contributed by atoms with E-state index in [-0.39, 0.29) is 0 Å². The Labute approximate surface area is 232 Å². The zero-order valence-corrected chi connectivity index (χ0v) is 22.7. The summed E-state index contributed by atoms with van der Waals surface area (Å²) in [6, 6.07) is 13.6. The second kappa shape index (κ2) is 11.7. The second-order valence-corrected chi connectivity index (χ2v) is 9.71. The van der Waals surface area contributed by atoms with Crippen molar-refractivity contribution in [1.29, 1.82) is 0 Å². The van der Waals surface area contributed by atoms with Crippen LogP contribution in [0, 0.1) is 0 Å². The van der Waals surface area contributed by atoms with E-state index < -0.39 is 0 Å². The third kappa shape index (κ3) is 5.61. The minimum atomic E-state index is 0.523.